The molecule has 1 aromatic rings. The molecule has 0 spiro atoms. The van der Waals surface area contributed by atoms with Gasteiger partial charge in [0.05, 0.1) is 6.61 Å². The summed E-state index contributed by atoms with van der Waals surface area (Å²) in [7, 11) is 1.78. The van der Waals surface area contributed by atoms with Gasteiger partial charge in [0.1, 0.15) is 11.3 Å². The highest BCUT2D eigenvalue weighted by molar-refractivity contribution is 5.89. The first kappa shape index (κ1) is 11.9. The summed E-state index contributed by atoms with van der Waals surface area (Å²) in [6, 6.07) is 7.47. The topological polar surface area (TPSA) is 55.6 Å². The molecular formula is C13H18N2O2. The predicted octanol–water partition coefficient (Wildman–Crippen LogP) is 1.10. The van der Waals surface area contributed by atoms with Gasteiger partial charge in [-0.25, -0.2) is 0 Å². The molecule has 0 radical (unpaired) electrons. The fraction of sp³-hybridized carbons (Fsp3) is 0.462. The number of rotatable bonds is 3. The van der Waals surface area contributed by atoms with Crippen LogP contribution in [0.2, 0.25) is 0 Å². The maximum atomic E-state index is 12.0. The standard InChI is InChI=1S/C13H18N2O2/c1-3-17-11-6-4-10(5-7-11)13(14)8-9-15(2)12(13)16/h4-7H,3,8-9,14H2,1-2H3. The van der Waals surface area contributed by atoms with Crippen LogP contribution in [-0.2, 0) is 10.3 Å². The van der Waals surface area contributed by atoms with Crippen molar-refractivity contribution >= 4 is 5.91 Å². The first-order chi connectivity index (χ1) is 8.08. The SMILES string of the molecule is CCOc1ccc(C2(N)CCN(C)C2=O)cc1. The Morgan fingerprint density at radius 1 is 1.41 bits per heavy atom. The molecule has 4 heteroatoms. The molecule has 17 heavy (non-hydrogen) atoms. The lowest BCUT2D eigenvalue weighted by Gasteiger charge is -2.22. The third-order valence-electron chi connectivity index (χ3n) is 3.25. The number of amides is 1. The Labute approximate surface area is 101 Å². The molecule has 1 heterocycles. The molecule has 1 amide bonds. The molecule has 2 rings (SSSR count). The van der Waals surface area contributed by atoms with E-state index in [9.17, 15) is 4.79 Å². The molecule has 92 valence electrons. The number of likely N-dealkylation sites (N-methyl/N-ethyl adjacent to an activating group) is 1. The molecule has 1 atom stereocenters. The van der Waals surface area contributed by atoms with Gasteiger partial charge in [0.2, 0.25) is 5.91 Å². The highest BCUT2D eigenvalue weighted by Crippen LogP contribution is 2.30. The molecular weight excluding hydrogens is 216 g/mol. The van der Waals surface area contributed by atoms with E-state index in [-0.39, 0.29) is 5.91 Å². The Hall–Kier alpha value is -1.55. The second-order valence-corrected chi connectivity index (χ2v) is 4.41. The van der Waals surface area contributed by atoms with Crippen molar-refractivity contribution < 1.29 is 9.53 Å². The fourth-order valence-electron chi connectivity index (χ4n) is 2.18. The van der Waals surface area contributed by atoms with Crippen molar-refractivity contribution in [3.63, 3.8) is 0 Å². The van der Waals surface area contributed by atoms with Crippen molar-refractivity contribution in [2.75, 3.05) is 20.2 Å². The van der Waals surface area contributed by atoms with Crippen molar-refractivity contribution in [1.29, 1.82) is 0 Å². The number of ether oxygens (including phenoxy) is 1. The van der Waals surface area contributed by atoms with Crippen LogP contribution in [0.25, 0.3) is 0 Å². The number of nitrogens with two attached hydrogens (primary N) is 1. The van der Waals surface area contributed by atoms with Gasteiger partial charge in [0, 0.05) is 13.6 Å². The summed E-state index contributed by atoms with van der Waals surface area (Å²) in [5, 5.41) is 0. The van der Waals surface area contributed by atoms with Crippen LogP contribution in [0.15, 0.2) is 24.3 Å². The van der Waals surface area contributed by atoms with E-state index >= 15 is 0 Å². The number of benzene rings is 1. The molecule has 2 N–H and O–H groups in total. The van der Waals surface area contributed by atoms with E-state index in [2.05, 4.69) is 0 Å². The molecule has 4 nitrogen and oxygen atoms in total. The van der Waals surface area contributed by atoms with Gasteiger partial charge in [0.25, 0.3) is 0 Å². The predicted molar refractivity (Wildman–Crippen MR) is 65.7 cm³/mol. The van der Waals surface area contributed by atoms with Crippen LogP contribution < -0.4 is 10.5 Å². The highest BCUT2D eigenvalue weighted by atomic mass is 16.5. The van der Waals surface area contributed by atoms with Gasteiger partial charge in [0.15, 0.2) is 0 Å². The highest BCUT2D eigenvalue weighted by Gasteiger charge is 2.43. The van der Waals surface area contributed by atoms with Crippen LogP contribution in [0.1, 0.15) is 18.9 Å². The normalized spacial score (nSPS) is 24.2. The monoisotopic (exact) mass is 234 g/mol. The van der Waals surface area contributed by atoms with E-state index in [1.165, 1.54) is 0 Å². The van der Waals surface area contributed by atoms with Gasteiger partial charge in [-0.15, -0.1) is 0 Å². The number of carbonyl (C=O) groups excluding carboxylic acids is 1. The van der Waals surface area contributed by atoms with E-state index < -0.39 is 5.54 Å². The Balaban J connectivity index is 2.25. The van der Waals surface area contributed by atoms with Crippen LogP contribution in [0, 0.1) is 0 Å². The lowest BCUT2D eigenvalue weighted by atomic mass is 9.89. The molecule has 0 bridgehead atoms. The Morgan fingerprint density at radius 2 is 2.06 bits per heavy atom. The maximum Gasteiger partial charge on any atom is 0.247 e. The number of hydrogen-bond donors (Lipinski definition) is 1. The molecule has 1 aromatic carbocycles. The van der Waals surface area contributed by atoms with E-state index in [1.54, 1.807) is 11.9 Å². The summed E-state index contributed by atoms with van der Waals surface area (Å²) in [4.78, 5) is 13.7. The minimum Gasteiger partial charge on any atom is -0.494 e. The lowest BCUT2D eigenvalue weighted by Crippen LogP contribution is -2.44. The van der Waals surface area contributed by atoms with E-state index in [0.717, 1.165) is 11.3 Å². The summed E-state index contributed by atoms with van der Waals surface area (Å²) >= 11 is 0. The fourth-order valence-corrected chi connectivity index (χ4v) is 2.18. The average molecular weight is 234 g/mol. The second kappa shape index (κ2) is 4.37. The van der Waals surface area contributed by atoms with E-state index in [4.69, 9.17) is 10.5 Å². The van der Waals surface area contributed by atoms with E-state index in [0.29, 0.717) is 19.6 Å². The average Bonchev–Trinajstić information content (AvgIpc) is 2.60. The molecule has 1 saturated heterocycles. The largest absolute Gasteiger partial charge is 0.494 e. The van der Waals surface area contributed by atoms with Crippen molar-refractivity contribution in [2.45, 2.75) is 18.9 Å². The summed E-state index contributed by atoms with van der Waals surface area (Å²) in [5.41, 5.74) is 6.20. The van der Waals surface area contributed by atoms with Crippen molar-refractivity contribution in [3.05, 3.63) is 29.8 Å². The summed E-state index contributed by atoms with van der Waals surface area (Å²) in [5.74, 6) is 0.792. The van der Waals surface area contributed by atoms with Crippen LogP contribution >= 0.6 is 0 Å². The maximum absolute atomic E-state index is 12.0. The molecule has 0 saturated carbocycles. The minimum absolute atomic E-state index is 0.0124. The molecule has 1 aliphatic rings. The summed E-state index contributed by atoms with van der Waals surface area (Å²) in [6.45, 7) is 3.28. The lowest BCUT2D eigenvalue weighted by molar-refractivity contribution is -0.131. The Kier molecular flexibility index (Phi) is 3.07. The number of nitrogens with zero attached hydrogens (tertiary/aromatic N) is 1. The van der Waals surface area contributed by atoms with Crippen molar-refractivity contribution in [2.24, 2.45) is 5.73 Å². The van der Waals surface area contributed by atoms with Gasteiger partial charge in [-0.2, -0.15) is 0 Å². The minimum atomic E-state index is -0.862. The van der Waals surface area contributed by atoms with Gasteiger partial charge >= 0.3 is 0 Å². The summed E-state index contributed by atoms with van der Waals surface area (Å²) in [6.07, 6.45) is 0.663. The van der Waals surface area contributed by atoms with Crippen molar-refractivity contribution in [3.8, 4) is 5.75 Å². The zero-order valence-electron chi connectivity index (χ0n) is 10.3. The van der Waals surface area contributed by atoms with Gasteiger partial charge in [-0.3, -0.25) is 4.79 Å². The third kappa shape index (κ3) is 2.00. The van der Waals surface area contributed by atoms with Crippen LogP contribution in [0.3, 0.4) is 0 Å². The molecule has 0 aliphatic carbocycles. The molecule has 1 fully saturated rings. The Bertz CT molecular complexity index is 416. The van der Waals surface area contributed by atoms with Crippen LogP contribution in [0.4, 0.5) is 0 Å². The number of carbonyl (C=O) groups is 1. The first-order valence-corrected chi connectivity index (χ1v) is 5.85. The Morgan fingerprint density at radius 3 is 2.53 bits per heavy atom. The van der Waals surface area contributed by atoms with Gasteiger partial charge < -0.3 is 15.4 Å². The molecule has 1 aliphatic heterocycles. The molecule has 0 aromatic heterocycles. The zero-order chi connectivity index (χ0) is 12.5. The van der Waals surface area contributed by atoms with Gasteiger partial charge in [-0.1, -0.05) is 12.1 Å². The smallest absolute Gasteiger partial charge is 0.247 e. The van der Waals surface area contributed by atoms with Crippen LogP contribution in [-0.4, -0.2) is 31.0 Å². The van der Waals surface area contributed by atoms with Crippen molar-refractivity contribution in [1.82, 2.24) is 4.90 Å². The van der Waals surface area contributed by atoms with E-state index in [1.807, 2.05) is 31.2 Å². The second-order valence-electron chi connectivity index (χ2n) is 4.41. The summed E-state index contributed by atoms with van der Waals surface area (Å²) < 4.78 is 5.37. The number of hydrogen-bond acceptors (Lipinski definition) is 3. The van der Waals surface area contributed by atoms with Gasteiger partial charge in [-0.05, 0) is 31.0 Å². The quantitative estimate of drug-likeness (QED) is 0.852. The van der Waals surface area contributed by atoms with Crippen LogP contribution in [0.5, 0.6) is 5.75 Å². The zero-order valence-corrected chi connectivity index (χ0v) is 10.3. The number of likely N-dealkylation sites (tertiary alicyclic amines) is 1. The first-order valence-electron chi connectivity index (χ1n) is 5.85. The molecule has 1 unspecified atom stereocenters. The third-order valence-corrected chi connectivity index (χ3v) is 3.25.